The second-order valence-electron chi connectivity index (χ2n) is 5.81. The van der Waals surface area contributed by atoms with E-state index >= 15 is 0 Å². The number of benzene rings is 2. The van der Waals surface area contributed by atoms with E-state index in [2.05, 4.69) is 32.4 Å². The van der Waals surface area contributed by atoms with Crippen LogP contribution in [0, 0.1) is 0 Å². The van der Waals surface area contributed by atoms with E-state index in [1.807, 2.05) is 42.6 Å². The molecule has 0 saturated carbocycles. The monoisotopic (exact) mass is 350 g/mol. The van der Waals surface area contributed by atoms with Gasteiger partial charge in [0.2, 0.25) is 5.91 Å². The first-order chi connectivity index (χ1) is 12.3. The number of hydrogen-bond acceptors (Lipinski definition) is 3. The van der Waals surface area contributed by atoms with Crippen LogP contribution in [0.15, 0.2) is 59.9 Å². The Morgan fingerprint density at radius 2 is 1.88 bits per heavy atom. The molecule has 0 atom stereocenters. The maximum atomic E-state index is 12.0. The van der Waals surface area contributed by atoms with E-state index in [4.69, 9.17) is 0 Å². The minimum absolute atomic E-state index is 0.0188. The number of carbonyl (C=O) groups is 1. The Balaban J connectivity index is 1.27. The molecule has 0 saturated heterocycles. The zero-order valence-electron chi connectivity index (χ0n) is 13.6. The smallest absolute Gasteiger partial charge is 0.230 e. The summed E-state index contributed by atoms with van der Waals surface area (Å²) in [4.78, 5) is 23.0. The maximum Gasteiger partial charge on any atom is 0.230 e. The van der Waals surface area contributed by atoms with Crippen LogP contribution in [0.5, 0.6) is 0 Å². The molecule has 6 heteroatoms. The molecule has 2 aromatic heterocycles. The van der Waals surface area contributed by atoms with Gasteiger partial charge in [0.05, 0.1) is 16.8 Å². The zero-order valence-corrected chi connectivity index (χ0v) is 14.4. The number of carbonyl (C=O) groups excluding carboxylic acids is 1. The molecule has 3 N–H and O–H groups in total. The van der Waals surface area contributed by atoms with E-state index < -0.39 is 0 Å². The van der Waals surface area contributed by atoms with Crippen LogP contribution in [-0.4, -0.2) is 33.2 Å². The summed E-state index contributed by atoms with van der Waals surface area (Å²) in [6, 6.07) is 16.1. The molecule has 1 amide bonds. The van der Waals surface area contributed by atoms with Crippen molar-refractivity contribution in [1.29, 1.82) is 0 Å². The van der Waals surface area contributed by atoms with Gasteiger partial charge < -0.3 is 15.3 Å². The lowest BCUT2D eigenvalue weighted by atomic mass is 10.1. The zero-order chi connectivity index (χ0) is 17.1. The maximum absolute atomic E-state index is 12.0. The lowest BCUT2D eigenvalue weighted by Crippen LogP contribution is -2.27. The van der Waals surface area contributed by atoms with Gasteiger partial charge in [0, 0.05) is 23.6 Å². The molecule has 0 aliphatic heterocycles. The molecule has 0 bridgehead atoms. The van der Waals surface area contributed by atoms with Crippen LogP contribution in [0.4, 0.5) is 0 Å². The summed E-state index contributed by atoms with van der Waals surface area (Å²) in [6.45, 7) is 0.626. The van der Waals surface area contributed by atoms with Crippen molar-refractivity contribution < 1.29 is 4.79 Å². The SMILES string of the molecule is O=C(CSc1nc2ccccc2[nH]1)NCCc1c[nH]c2ccccc12. The number of fused-ring (bicyclic) bond motifs is 2. The first kappa shape index (κ1) is 15.8. The molecule has 2 aromatic carbocycles. The first-order valence-corrected chi connectivity index (χ1v) is 9.17. The molecule has 0 radical (unpaired) electrons. The van der Waals surface area contributed by atoms with E-state index in [0.717, 1.165) is 28.1 Å². The minimum atomic E-state index is 0.0188. The summed E-state index contributed by atoms with van der Waals surface area (Å²) in [5.74, 6) is 0.374. The van der Waals surface area contributed by atoms with Gasteiger partial charge in [-0.2, -0.15) is 0 Å². The van der Waals surface area contributed by atoms with Crippen LogP contribution < -0.4 is 5.32 Å². The summed E-state index contributed by atoms with van der Waals surface area (Å²) >= 11 is 1.42. The van der Waals surface area contributed by atoms with Gasteiger partial charge in [-0.3, -0.25) is 4.79 Å². The molecule has 0 unspecified atom stereocenters. The van der Waals surface area contributed by atoms with Crippen molar-refractivity contribution >= 4 is 39.6 Å². The normalized spacial score (nSPS) is 11.2. The third-order valence-electron chi connectivity index (χ3n) is 4.10. The van der Waals surface area contributed by atoms with E-state index in [9.17, 15) is 4.79 Å². The number of nitrogens with zero attached hydrogens (tertiary/aromatic N) is 1. The van der Waals surface area contributed by atoms with Gasteiger partial charge in [-0.25, -0.2) is 4.98 Å². The molecule has 0 spiro atoms. The highest BCUT2D eigenvalue weighted by atomic mass is 32.2. The molecule has 5 nitrogen and oxygen atoms in total. The lowest BCUT2D eigenvalue weighted by Gasteiger charge is -2.04. The van der Waals surface area contributed by atoms with Crippen LogP contribution in [0.2, 0.25) is 0 Å². The number of H-pyrrole nitrogens is 2. The van der Waals surface area contributed by atoms with Crippen molar-refractivity contribution in [1.82, 2.24) is 20.3 Å². The Hall–Kier alpha value is -2.73. The standard InChI is InChI=1S/C19H18N4OS/c24-18(12-25-19-22-16-7-3-4-8-17(16)23-19)20-10-9-13-11-21-15-6-2-1-5-14(13)15/h1-8,11,21H,9-10,12H2,(H,20,24)(H,22,23). The van der Waals surface area contributed by atoms with E-state index in [1.165, 1.54) is 22.7 Å². The topological polar surface area (TPSA) is 73.6 Å². The van der Waals surface area contributed by atoms with Crippen LogP contribution in [0.1, 0.15) is 5.56 Å². The number of rotatable bonds is 6. The Morgan fingerprint density at radius 1 is 1.08 bits per heavy atom. The van der Waals surface area contributed by atoms with E-state index in [1.54, 1.807) is 0 Å². The average Bonchev–Trinajstić information content (AvgIpc) is 3.24. The van der Waals surface area contributed by atoms with Crippen molar-refractivity contribution in [2.24, 2.45) is 0 Å². The van der Waals surface area contributed by atoms with Crippen molar-refractivity contribution in [2.75, 3.05) is 12.3 Å². The van der Waals surface area contributed by atoms with Crippen LogP contribution in [0.25, 0.3) is 21.9 Å². The van der Waals surface area contributed by atoms with E-state index in [-0.39, 0.29) is 5.91 Å². The highest BCUT2D eigenvalue weighted by Crippen LogP contribution is 2.19. The third kappa shape index (κ3) is 3.53. The van der Waals surface area contributed by atoms with Gasteiger partial charge >= 0.3 is 0 Å². The largest absolute Gasteiger partial charge is 0.361 e. The quantitative estimate of drug-likeness (QED) is 0.466. The number of para-hydroxylation sites is 3. The fourth-order valence-corrected chi connectivity index (χ4v) is 3.57. The number of nitrogens with one attached hydrogen (secondary N) is 3. The second-order valence-corrected chi connectivity index (χ2v) is 6.77. The molecule has 126 valence electrons. The summed E-state index contributed by atoms with van der Waals surface area (Å²) < 4.78 is 0. The molecule has 0 aliphatic carbocycles. The summed E-state index contributed by atoms with van der Waals surface area (Å²) in [6.07, 6.45) is 2.82. The fraction of sp³-hybridized carbons (Fsp3) is 0.158. The number of thioether (sulfide) groups is 1. The van der Waals surface area contributed by atoms with Gasteiger partial charge in [-0.15, -0.1) is 0 Å². The molecule has 0 aliphatic rings. The number of hydrogen-bond donors (Lipinski definition) is 3. The summed E-state index contributed by atoms with van der Waals surface area (Å²) in [5, 5.41) is 4.96. The lowest BCUT2D eigenvalue weighted by molar-refractivity contribution is -0.118. The van der Waals surface area contributed by atoms with Gasteiger partial charge in [0.1, 0.15) is 0 Å². The molecule has 25 heavy (non-hydrogen) atoms. The molecule has 0 fully saturated rings. The third-order valence-corrected chi connectivity index (χ3v) is 4.97. The average molecular weight is 350 g/mol. The highest BCUT2D eigenvalue weighted by molar-refractivity contribution is 7.99. The molecular formula is C19H18N4OS. The molecule has 4 rings (SSSR count). The van der Waals surface area contributed by atoms with Crippen LogP contribution >= 0.6 is 11.8 Å². The Kier molecular flexibility index (Phi) is 4.43. The van der Waals surface area contributed by atoms with Gasteiger partial charge in [-0.1, -0.05) is 42.1 Å². The van der Waals surface area contributed by atoms with Gasteiger partial charge in [0.15, 0.2) is 5.16 Å². The van der Waals surface area contributed by atoms with Crippen LogP contribution in [0.3, 0.4) is 0 Å². The Bertz CT molecular complexity index is 987. The summed E-state index contributed by atoms with van der Waals surface area (Å²) in [7, 11) is 0. The highest BCUT2D eigenvalue weighted by Gasteiger charge is 2.07. The van der Waals surface area contributed by atoms with Crippen LogP contribution in [-0.2, 0) is 11.2 Å². The number of aromatic nitrogens is 3. The number of aromatic amines is 2. The summed E-state index contributed by atoms with van der Waals surface area (Å²) in [5.41, 5.74) is 4.26. The second kappa shape index (κ2) is 7.03. The fourth-order valence-electron chi connectivity index (χ4n) is 2.86. The van der Waals surface area contributed by atoms with Crippen molar-refractivity contribution in [3.05, 3.63) is 60.3 Å². The van der Waals surface area contributed by atoms with Gasteiger partial charge in [0.25, 0.3) is 0 Å². The molecule has 2 heterocycles. The number of imidazole rings is 1. The molecular weight excluding hydrogens is 332 g/mol. The Morgan fingerprint density at radius 3 is 2.76 bits per heavy atom. The van der Waals surface area contributed by atoms with Crippen molar-refractivity contribution in [3.8, 4) is 0 Å². The van der Waals surface area contributed by atoms with Crippen molar-refractivity contribution in [3.63, 3.8) is 0 Å². The van der Waals surface area contributed by atoms with Gasteiger partial charge in [-0.05, 0) is 30.2 Å². The Labute approximate surface area is 149 Å². The number of amides is 1. The molecule has 4 aromatic rings. The minimum Gasteiger partial charge on any atom is -0.361 e. The predicted octanol–water partition coefficient (Wildman–Crippen LogP) is 3.50. The predicted molar refractivity (Wildman–Crippen MR) is 102 cm³/mol. The van der Waals surface area contributed by atoms with Crippen molar-refractivity contribution in [2.45, 2.75) is 11.6 Å². The van der Waals surface area contributed by atoms with E-state index in [0.29, 0.717) is 12.3 Å². The first-order valence-electron chi connectivity index (χ1n) is 8.19.